The minimum absolute atomic E-state index is 0.137. The summed E-state index contributed by atoms with van der Waals surface area (Å²) >= 11 is 0. The van der Waals surface area contributed by atoms with Crippen LogP contribution in [0, 0.1) is 5.82 Å². The Balaban J connectivity index is 1.87. The molecule has 1 N–H and O–H groups in total. The number of H-pyrrole nitrogens is 1. The molecule has 0 atom stereocenters. The minimum atomic E-state index is -0.627. The molecule has 0 radical (unpaired) electrons. The number of aromatic amines is 1. The number of hydrogen-bond donors (Lipinski definition) is 1. The molecule has 3 aromatic rings. The zero-order valence-electron chi connectivity index (χ0n) is 13.6. The van der Waals surface area contributed by atoms with Crippen LogP contribution in [0.5, 0.6) is 0 Å². The van der Waals surface area contributed by atoms with Crippen molar-refractivity contribution in [3.63, 3.8) is 0 Å². The van der Waals surface area contributed by atoms with Crippen molar-refractivity contribution in [3.8, 4) is 11.3 Å². The monoisotopic (exact) mass is 337 g/mol. The molecule has 5 nitrogen and oxygen atoms in total. The number of aromatic nitrogens is 2. The molecular weight excluding hydrogens is 321 g/mol. The fraction of sp³-hybridized carbons (Fsp3) is 0.105. The lowest BCUT2D eigenvalue weighted by Gasteiger charge is -2.17. The highest BCUT2D eigenvalue weighted by Crippen LogP contribution is 2.17. The first-order chi connectivity index (χ1) is 12.0. The van der Waals surface area contributed by atoms with E-state index >= 15 is 0 Å². The van der Waals surface area contributed by atoms with E-state index in [1.165, 1.54) is 35.2 Å². The second kappa shape index (κ2) is 7.09. The third-order valence-electron chi connectivity index (χ3n) is 3.72. The zero-order chi connectivity index (χ0) is 17.8. The van der Waals surface area contributed by atoms with E-state index in [-0.39, 0.29) is 17.4 Å². The predicted octanol–water partition coefficient (Wildman–Crippen LogP) is 2.85. The summed E-state index contributed by atoms with van der Waals surface area (Å²) in [5.41, 5.74) is 1.37. The number of nitrogens with zero attached hydrogens (tertiary/aromatic N) is 2. The first-order valence-corrected chi connectivity index (χ1v) is 7.69. The fourth-order valence-electron chi connectivity index (χ4n) is 2.48. The number of halogens is 1. The number of benzene rings is 2. The summed E-state index contributed by atoms with van der Waals surface area (Å²) in [7, 11) is 1.66. The third kappa shape index (κ3) is 3.98. The lowest BCUT2D eigenvalue weighted by atomic mass is 10.1. The molecule has 3 rings (SSSR count). The van der Waals surface area contributed by atoms with Crippen LogP contribution in [-0.2, 0) is 6.54 Å². The summed E-state index contributed by atoms with van der Waals surface area (Å²) in [6.07, 6.45) is 0. The van der Waals surface area contributed by atoms with Gasteiger partial charge in [0.15, 0.2) is 0 Å². The van der Waals surface area contributed by atoms with Crippen molar-refractivity contribution in [1.29, 1.82) is 0 Å². The number of carbonyl (C=O) groups is 1. The lowest BCUT2D eigenvalue weighted by molar-refractivity contribution is 0.0779. The quantitative estimate of drug-likeness (QED) is 0.796. The highest BCUT2D eigenvalue weighted by Gasteiger charge is 2.15. The van der Waals surface area contributed by atoms with Crippen LogP contribution in [0.1, 0.15) is 16.1 Å². The molecule has 2 aromatic carbocycles. The van der Waals surface area contributed by atoms with Gasteiger partial charge in [0, 0.05) is 19.2 Å². The molecule has 0 aliphatic heterocycles. The number of carbonyl (C=O) groups excluding carboxylic acids is 1. The summed E-state index contributed by atoms with van der Waals surface area (Å²) in [4.78, 5) is 32.3. The highest BCUT2D eigenvalue weighted by atomic mass is 19.1. The number of hydrogen-bond acceptors (Lipinski definition) is 3. The van der Waals surface area contributed by atoms with Gasteiger partial charge in [-0.05, 0) is 35.9 Å². The molecule has 0 bridgehead atoms. The van der Waals surface area contributed by atoms with E-state index in [4.69, 9.17) is 0 Å². The van der Waals surface area contributed by atoms with Crippen LogP contribution in [0.3, 0.4) is 0 Å². The SMILES string of the molecule is CN(Cc1ccccc1)C(=O)c1cc(-c2ccc(F)cc2)nc(=O)[nH]1. The Bertz CT molecular complexity index is 937. The molecule has 1 heterocycles. The summed E-state index contributed by atoms with van der Waals surface area (Å²) in [5, 5.41) is 0. The van der Waals surface area contributed by atoms with Crippen LogP contribution >= 0.6 is 0 Å². The van der Waals surface area contributed by atoms with Crippen molar-refractivity contribution in [1.82, 2.24) is 14.9 Å². The Morgan fingerprint density at radius 3 is 2.48 bits per heavy atom. The van der Waals surface area contributed by atoms with Crippen LogP contribution < -0.4 is 5.69 Å². The summed E-state index contributed by atoms with van der Waals surface area (Å²) in [6, 6.07) is 16.6. The first kappa shape index (κ1) is 16.6. The van der Waals surface area contributed by atoms with Gasteiger partial charge < -0.3 is 9.88 Å². The molecule has 0 spiro atoms. The molecule has 0 aliphatic carbocycles. The van der Waals surface area contributed by atoms with E-state index in [1.807, 2.05) is 30.3 Å². The predicted molar refractivity (Wildman–Crippen MR) is 92.5 cm³/mol. The third-order valence-corrected chi connectivity index (χ3v) is 3.72. The van der Waals surface area contributed by atoms with Crippen molar-refractivity contribution in [2.75, 3.05) is 7.05 Å². The van der Waals surface area contributed by atoms with Crippen LogP contribution in [0.4, 0.5) is 4.39 Å². The van der Waals surface area contributed by atoms with Gasteiger partial charge >= 0.3 is 5.69 Å². The highest BCUT2D eigenvalue weighted by molar-refractivity contribution is 5.93. The number of nitrogens with one attached hydrogen (secondary N) is 1. The van der Waals surface area contributed by atoms with Gasteiger partial charge in [-0.25, -0.2) is 9.18 Å². The van der Waals surface area contributed by atoms with Crippen LogP contribution in [0.25, 0.3) is 11.3 Å². The Morgan fingerprint density at radius 2 is 1.80 bits per heavy atom. The molecule has 1 aromatic heterocycles. The molecule has 0 saturated carbocycles. The first-order valence-electron chi connectivity index (χ1n) is 7.69. The van der Waals surface area contributed by atoms with E-state index in [0.29, 0.717) is 17.8 Å². The molecule has 0 fully saturated rings. The molecule has 0 aliphatic rings. The maximum Gasteiger partial charge on any atom is 0.346 e. The van der Waals surface area contributed by atoms with Gasteiger partial charge in [-0.2, -0.15) is 4.98 Å². The minimum Gasteiger partial charge on any atom is -0.336 e. The summed E-state index contributed by atoms with van der Waals surface area (Å²) in [5.74, 6) is -0.709. The van der Waals surface area contributed by atoms with E-state index in [9.17, 15) is 14.0 Å². The van der Waals surface area contributed by atoms with Crippen molar-refractivity contribution in [2.24, 2.45) is 0 Å². The molecule has 0 saturated heterocycles. The largest absolute Gasteiger partial charge is 0.346 e. The lowest BCUT2D eigenvalue weighted by Crippen LogP contribution is -2.29. The Morgan fingerprint density at radius 1 is 1.12 bits per heavy atom. The van der Waals surface area contributed by atoms with E-state index in [0.717, 1.165) is 5.56 Å². The standard InChI is InChI=1S/C19H16FN3O2/c1-23(12-13-5-3-2-4-6-13)18(24)17-11-16(21-19(25)22-17)14-7-9-15(20)10-8-14/h2-11H,12H2,1H3,(H,21,22,25). The van der Waals surface area contributed by atoms with Gasteiger partial charge in [-0.1, -0.05) is 30.3 Å². The maximum absolute atomic E-state index is 13.1. The fourth-order valence-corrected chi connectivity index (χ4v) is 2.48. The molecule has 0 unspecified atom stereocenters. The second-order valence-corrected chi connectivity index (χ2v) is 5.64. The summed E-state index contributed by atoms with van der Waals surface area (Å²) in [6.45, 7) is 0.413. The molecule has 126 valence electrons. The van der Waals surface area contributed by atoms with Crippen molar-refractivity contribution < 1.29 is 9.18 Å². The van der Waals surface area contributed by atoms with Crippen LogP contribution in [0.2, 0.25) is 0 Å². The zero-order valence-corrected chi connectivity index (χ0v) is 13.6. The molecule has 1 amide bonds. The average molecular weight is 337 g/mol. The number of rotatable bonds is 4. The van der Waals surface area contributed by atoms with Gasteiger partial charge in [-0.15, -0.1) is 0 Å². The van der Waals surface area contributed by atoms with E-state index in [2.05, 4.69) is 9.97 Å². The van der Waals surface area contributed by atoms with Gasteiger partial charge in [-0.3, -0.25) is 4.79 Å². The average Bonchev–Trinajstić information content (AvgIpc) is 2.62. The molecular formula is C19H16FN3O2. The molecule has 6 heteroatoms. The smallest absolute Gasteiger partial charge is 0.336 e. The summed E-state index contributed by atoms with van der Waals surface area (Å²) < 4.78 is 13.1. The van der Waals surface area contributed by atoms with Crippen LogP contribution in [0.15, 0.2) is 65.5 Å². The van der Waals surface area contributed by atoms with Gasteiger partial charge in [0.2, 0.25) is 0 Å². The van der Waals surface area contributed by atoms with Crippen LogP contribution in [-0.4, -0.2) is 27.8 Å². The Hall–Kier alpha value is -3.28. The maximum atomic E-state index is 13.1. The van der Waals surface area contributed by atoms with E-state index < -0.39 is 5.69 Å². The van der Waals surface area contributed by atoms with Crippen molar-refractivity contribution in [3.05, 3.63) is 88.2 Å². The van der Waals surface area contributed by atoms with Gasteiger partial charge in [0.25, 0.3) is 5.91 Å². The van der Waals surface area contributed by atoms with Crippen molar-refractivity contribution >= 4 is 5.91 Å². The molecule has 25 heavy (non-hydrogen) atoms. The number of amides is 1. The Kier molecular flexibility index (Phi) is 4.70. The Labute approximate surface area is 143 Å². The van der Waals surface area contributed by atoms with Gasteiger partial charge in [0.1, 0.15) is 11.5 Å². The van der Waals surface area contributed by atoms with Crippen molar-refractivity contribution in [2.45, 2.75) is 6.54 Å². The topological polar surface area (TPSA) is 66.1 Å². The normalized spacial score (nSPS) is 10.5. The van der Waals surface area contributed by atoms with Gasteiger partial charge in [0.05, 0.1) is 5.69 Å². The second-order valence-electron chi connectivity index (χ2n) is 5.64. The van der Waals surface area contributed by atoms with E-state index in [1.54, 1.807) is 7.05 Å².